The summed E-state index contributed by atoms with van der Waals surface area (Å²) in [6.07, 6.45) is 6.96. The highest BCUT2D eigenvalue weighted by atomic mass is 16.3. The predicted molar refractivity (Wildman–Crippen MR) is 53.8 cm³/mol. The standard InChI is InChI=1S/C11H19NO2/c13-10-7-4-8-12(11(10)14)9-5-2-1-3-6-9/h9-10,13H,1-8H2. The van der Waals surface area contributed by atoms with Crippen LogP contribution in [-0.2, 0) is 4.79 Å². The number of carbonyl (C=O) groups is 1. The van der Waals surface area contributed by atoms with Gasteiger partial charge in [-0.2, -0.15) is 0 Å². The molecular weight excluding hydrogens is 178 g/mol. The molecule has 1 heterocycles. The predicted octanol–water partition coefficient (Wildman–Crippen LogP) is 1.30. The van der Waals surface area contributed by atoms with Crippen LogP contribution < -0.4 is 0 Å². The Balaban J connectivity index is 1.97. The van der Waals surface area contributed by atoms with Crippen molar-refractivity contribution >= 4 is 5.91 Å². The minimum atomic E-state index is -0.717. The van der Waals surface area contributed by atoms with E-state index < -0.39 is 6.10 Å². The van der Waals surface area contributed by atoms with Crippen LogP contribution in [0.1, 0.15) is 44.9 Å². The third kappa shape index (κ3) is 1.92. The maximum Gasteiger partial charge on any atom is 0.251 e. The molecule has 0 aromatic heterocycles. The number of piperidine rings is 1. The van der Waals surface area contributed by atoms with Gasteiger partial charge in [-0.1, -0.05) is 19.3 Å². The van der Waals surface area contributed by atoms with Crippen LogP contribution in [0.5, 0.6) is 0 Å². The first-order chi connectivity index (χ1) is 6.79. The molecular formula is C11H19NO2. The number of likely N-dealkylation sites (tertiary alicyclic amines) is 1. The summed E-state index contributed by atoms with van der Waals surface area (Å²) in [5.74, 6) is -0.0249. The lowest BCUT2D eigenvalue weighted by Gasteiger charge is -2.38. The molecule has 1 saturated heterocycles. The average Bonchev–Trinajstić information content (AvgIpc) is 2.23. The average molecular weight is 197 g/mol. The van der Waals surface area contributed by atoms with Crippen LogP contribution in [0.15, 0.2) is 0 Å². The molecule has 0 aromatic carbocycles. The van der Waals surface area contributed by atoms with E-state index in [9.17, 15) is 9.90 Å². The zero-order valence-electron chi connectivity index (χ0n) is 8.61. The number of aliphatic hydroxyl groups is 1. The number of rotatable bonds is 1. The fourth-order valence-electron chi connectivity index (χ4n) is 2.64. The fraction of sp³-hybridized carbons (Fsp3) is 0.909. The second kappa shape index (κ2) is 4.30. The van der Waals surface area contributed by atoms with Gasteiger partial charge in [-0.3, -0.25) is 4.79 Å². The van der Waals surface area contributed by atoms with E-state index in [2.05, 4.69) is 0 Å². The molecule has 2 fully saturated rings. The summed E-state index contributed by atoms with van der Waals surface area (Å²) >= 11 is 0. The normalized spacial score (nSPS) is 30.8. The number of hydrogen-bond donors (Lipinski definition) is 1. The van der Waals surface area contributed by atoms with Gasteiger partial charge in [0, 0.05) is 12.6 Å². The Morgan fingerprint density at radius 1 is 1.07 bits per heavy atom. The molecule has 1 amide bonds. The lowest BCUT2D eigenvalue weighted by molar-refractivity contribution is -0.147. The van der Waals surface area contributed by atoms with E-state index in [1.165, 1.54) is 19.3 Å². The highest BCUT2D eigenvalue weighted by molar-refractivity contribution is 5.81. The largest absolute Gasteiger partial charge is 0.383 e. The minimum absolute atomic E-state index is 0.0249. The maximum absolute atomic E-state index is 11.7. The van der Waals surface area contributed by atoms with Crippen molar-refractivity contribution in [3.8, 4) is 0 Å². The molecule has 14 heavy (non-hydrogen) atoms. The first-order valence-corrected chi connectivity index (χ1v) is 5.77. The van der Waals surface area contributed by atoms with Gasteiger partial charge in [-0.15, -0.1) is 0 Å². The Morgan fingerprint density at radius 2 is 1.79 bits per heavy atom. The SMILES string of the molecule is O=C1C(O)CCCN1C1CCCCC1. The molecule has 1 aliphatic heterocycles. The van der Waals surface area contributed by atoms with Crippen LogP contribution in [-0.4, -0.2) is 34.6 Å². The molecule has 3 nitrogen and oxygen atoms in total. The third-order valence-corrected chi connectivity index (χ3v) is 3.46. The van der Waals surface area contributed by atoms with Crippen molar-refractivity contribution < 1.29 is 9.90 Å². The lowest BCUT2D eigenvalue weighted by Crippen LogP contribution is -2.49. The Morgan fingerprint density at radius 3 is 2.50 bits per heavy atom. The first-order valence-electron chi connectivity index (χ1n) is 5.77. The van der Waals surface area contributed by atoms with Crippen LogP contribution in [0.3, 0.4) is 0 Å². The molecule has 80 valence electrons. The summed E-state index contributed by atoms with van der Waals surface area (Å²) in [4.78, 5) is 13.6. The summed E-state index contributed by atoms with van der Waals surface area (Å²) in [5, 5.41) is 9.49. The summed E-state index contributed by atoms with van der Waals surface area (Å²) in [5.41, 5.74) is 0. The Kier molecular flexibility index (Phi) is 3.06. The van der Waals surface area contributed by atoms with Gasteiger partial charge in [0.05, 0.1) is 0 Å². The van der Waals surface area contributed by atoms with E-state index in [1.54, 1.807) is 0 Å². The number of amides is 1. The van der Waals surface area contributed by atoms with E-state index in [4.69, 9.17) is 0 Å². The summed E-state index contributed by atoms with van der Waals surface area (Å²) in [6, 6.07) is 0.422. The van der Waals surface area contributed by atoms with Gasteiger partial charge in [0.2, 0.25) is 0 Å². The number of aliphatic hydroxyl groups excluding tert-OH is 1. The van der Waals surface area contributed by atoms with Gasteiger partial charge in [0.1, 0.15) is 6.10 Å². The molecule has 2 aliphatic rings. The van der Waals surface area contributed by atoms with E-state index in [0.717, 1.165) is 25.8 Å². The third-order valence-electron chi connectivity index (χ3n) is 3.46. The first kappa shape index (κ1) is 9.97. The van der Waals surface area contributed by atoms with E-state index in [0.29, 0.717) is 12.5 Å². The van der Waals surface area contributed by atoms with Crippen LogP contribution in [0, 0.1) is 0 Å². The van der Waals surface area contributed by atoms with Crippen molar-refractivity contribution in [2.24, 2.45) is 0 Å². The van der Waals surface area contributed by atoms with Gasteiger partial charge < -0.3 is 10.0 Å². The van der Waals surface area contributed by atoms with Crippen LogP contribution in [0.2, 0.25) is 0 Å². The van der Waals surface area contributed by atoms with E-state index in [-0.39, 0.29) is 5.91 Å². The molecule has 3 heteroatoms. The van der Waals surface area contributed by atoms with Crippen molar-refractivity contribution in [2.75, 3.05) is 6.54 Å². The molecule has 1 N–H and O–H groups in total. The summed E-state index contributed by atoms with van der Waals surface area (Å²) in [7, 11) is 0. The molecule has 0 radical (unpaired) electrons. The molecule has 0 aromatic rings. The molecule has 0 bridgehead atoms. The Hall–Kier alpha value is -0.570. The van der Waals surface area contributed by atoms with Gasteiger partial charge in [0.15, 0.2) is 0 Å². The van der Waals surface area contributed by atoms with Crippen LogP contribution >= 0.6 is 0 Å². The monoisotopic (exact) mass is 197 g/mol. The van der Waals surface area contributed by atoms with Crippen LogP contribution in [0.4, 0.5) is 0 Å². The smallest absolute Gasteiger partial charge is 0.251 e. The zero-order valence-corrected chi connectivity index (χ0v) is 8.61. The summed E-state index contributed by atoms with van der Waals surface area (Å²) < 4.78 is 0. The van der Waals surface area contributed by atoms with Crippen molar-refractivity contribution in [1.82, 2.24) is 4.90 Å². The number of hydrogen-bond acceptors (Lipinski definition) is 2. The Labute approximate surface area is 85.1 Å². The van der Waals surface area contributed by atoms with Gasteiger partial charge in [-0.25, -0.2) is 0 Å². The second-order valence-electron chi connectivity index (χ2n) is 4.48. The fourth-order valence-corrected chi connectivity index (χ4v) is 2.64. The van der Waals surface area contributed by atoms with Gasteiger partial charge in [-0.05, 0) is 25.7 Å². The number of carbonyl (C=O) groups excluding carboxylic acids is 1. The van der Waals surface area contributed by atoms with Crippen LogP contribution in [0.25, 0.3) is 0 Å². The highest BCUT2D eigenvalue weighted by Crippen LogP contribution is 2.25. The number of nitrogens with zero attached hydrogens (tertiary/aromatic N) is 1. The Bertz CT molecular complexity index is 211. The molecule has 1 saturated carbocycles. The van der Waals surface area contributed by atoms with E-state index in [1.807, 2.05) is 4.90 Å². The molecule has 0 spiro atoms. The van der Waals surface area contributed by atoms with Gasteiger partial charge >= 0.3 is 0 Å². The topological polar surface area (TPSA) is 40.5 Å². The maximum atomic E-state index is 11.7. The van der Waals surface area contributed by atoms with Crippen molar-refractivity contribution in [3.63, 3.8) is 0 Å². The molecule has 1 aliphatic carbocycles. The second-order valence-corrected chi connectivity index (χ2v) is 4.48. The molecule has 1 atom stereocenters. The minimum Gasteiger partial charge on any atom is -0.383 e. The molecule has 2 rings (SSSR count). The molecule has 1 unspecified atom stereocenters. The van der Waals surface area contributed by atoms with Gasteiger partial charge in [0.25, 0.3) is 5.91 Å². The quantitative estimate of drug-likeness (QED) is 0.688. The zero-order chi connectivity index (χ0) is 9.97. The summed E-state index contributed by atoms with van der Waals surface area (Å²) in [6.45, 7) is 0.862. The highest BCUT2D eigenvalue weighted by Gasteiger charge is 2.32. The van der Waals surface area contributed by atoms with Crippen molar-refractivity contribution in [1.29, 1.82) is 0 Å². The lowest BCUT2D eigenvalue weighted by atomic mass is 9.92. The van der Waals surface area contributed by atoms with E-state index >= 15 is 0 Å². The van der Waals surface area contributed by atoms with Crippen molar-refractivity contribution in [3.05, 3.63) is 0 Å². The van der Waals surface area contributed by atoms with Crippen molar-refractivity contribution in [2.45, 2.75) is 57.1 Å².